The molecule has 3 aromatic rings. The number of carbonyl (C=O) groups excluding carboxylic acids is 1. The van der Waals surface area contributed by atoms with Gasteiger partial charge in [0.25, 0.3) is 0 Å². The second kappa shape index (κ2) is 8.19. The van der Waals surface area contributed by atoms with Crippen molar-refractivity contribution < 1.29 is 4.79 Å². The average molecular weight is 349 g/mol. The summed E-state index contributed by atoms with van der Waals surface area (Å²) in [6.07, 6.45) is 1.32. The molecule has 0 aliphatic heterocycles. The summed E-state index contributed by atoms with van der Waals surface area (Å²) >= 11 is 0. The van der Waals surface area contributed by atoms with Gasteiger partial charge in [0.15, 0.2) is 0 Å². The van der Waals surface area contributed by atoms with Crippen molar-refractivity contribution >= 4 is 16.8 Å². The van der Waals surface area contributed by atoms with Gasteiger partial charge in [-0.2, -0.15) is 0 Å². The minimum absolute atomic E-state index is 0.0674. The lowest BCUT2D eigenvalue weighted by molar-refractivity contribution is -0.120. The molecular formula is C22H27N3O. The molecule has 0 radical (unpaired) electrons. The summed E-state index contributed by atoms with van der Waals surface area (Å²) in [6.45, 7) is 2.67. The molecule has 2 N–H and O–H groups in total. The smallest absolute Gasteiger partial charge is 0.224 e. The Morgan fingerprint density at radius 1 is 1.08 bits per heavy atom. The van der Waals surface area contributed by atoms with Crippen LogP contribution in [0.3, 0.4) is 0 Å². The first kappa shape index (κ1) is 18.2. The first-order chi connectivity index (χ1) is 12.5. The summed E-state index contributed by atoms with van der Waals surface area (Å²) in [6, 6.07) is 18.8. The third-order valence-electron chi connectivity index (χ3n) is 4.94. The van der Waals surface area contributed by atoms with E-state index in [9.17, 15) is 4.79 Å². The lowest BCUT2D eigenvalue weighted by Gasteiger charge is -2.24. The molecule has 26 heavy (non-hydrogen) atoms. The van der Waals surface area contributed by atoms with Crippen molar-refractivity contribution in [3.8, 4) is 0 Å². The van der Waals surface area contributed by atoms with E-state index in [0.29, 0.717) is 13.0 Å². The van der Waals surface area contributed by atoms with Gasteiger partial charge in [0.1, 0.15) is 0 Å². The van der Waals surface area contributed by atoms with Crippen molar-refractivity contribution in [2.75, 3.05) is 20.6 Å². The van der Waals surface area contributed by atoms with E-state index in [0.717, 1.165) is 28.6 Å². The molecule has 0 saturated carbocycles. The van der Waals surface area contributed by atoms with Gasteiger partial charge in [-0.05, 0) is 44.6 Å². The minimum atomic E-state index is 0.0674. The van der Waals surface area contributed by atoms with Crippen LogP contribution in [0.4, 0.5) is 0 Å². The maximum absolute atomic E-state index is 12.5. The molecule has 0 aliphatic rings. The van der Waals surface area contributed by atoms with Crippen molar-refractivity contribution in [3.05, 3.63) is 71.4 Å². The Morgan fingerprint density at radius 3 is 2.50 bits per heavy atom. The molecule has 1 unspecified atom stereocenters. The summed E-state index contributed by atoms with van der Waals surface area (Å²) < 4.78 is 0. The number of H-pyrrole nitrogens is 1. The van der Waals surface area contributed by atoms with E-state index < -0.39 is 0 Å². The van der Waals surface area contributed by atoms with Gasteiger partial charge in [-0.15, -0.1) is 0 Å². The lowest BCUT2D eigenvalue weighted by Crippen LogP contribution is -2.42. The third kappa shape index (κ3) is 4.33. The molecule has 0 aliphatic carbocycles. The minimum Gasteiger partial charge on any atom is -0.358 e. The fourth-order valence-corrected chi connectivity index (χ4v) is 3.34. The Morgan fingerprint density at radius 2 is 1.77 bits per heavy atom. The topological polar surface area (TPSA) is 48.1 Å². The summed E-state index contributed by atoms with van der Waals surface area (Å²) in [5.74, 6) is 0.0674. The highest BCUT2D eigenvalue weighted by Crippen LogP contribution is 2.22. The number of carbonyl (C=O) groups is 1. The van der Waals surface area contributed by atoms with Gasteiger partial charge < -0.3 is 15.2 Å². The van der Waals surface area contributed by atoms with Crippen molar-refractivity contribution in [1.82, 2.24) is 15.2 Å². The zero-order chi connectivity index (χ0) is 18.5. The van der Waals surface area contributed by atoms with Crippen LogP contribution in [-0.2, 0) is 17.6 Å². The molecule has 136 valence electrons. The Labute approximate surface area is 155 Å². The maximum atomic E-state index is 12.5. The zero-order valence-electron chi connectivity index (χ0n) is 15.8. The molecule has 4 nitrogen and oxygen atoms in total. The van der Waals surface area contributed by atoms with E-state index in [4.69, 9.17) is 0 Å². The summed E-state index contributed by atoms with van der Waals surface area (Å²) in [5.41, 5.74) is 4.52. The Balaban J connectivity index is 1.62. The Kier molecular flexibility index (Phi) is 5.74. The van der Waals surface area contributed by atoms with Gasteiger partial charge in [0, 0.05) is 29.2 Å². The predicted molar refractivity (Wildman–Crippen MR) is 107 cm³/mol. The van der Waals surface area contributed by atoms with Crippen molar-refractivity contribution in [2.24, 2.45) is 0 Å². The molecule has 1 aromatic heterocycles. The Hall–Kier alpha value is -2.59. The molecule has 4 heteroatoms. The third-order valence-corrected chi connectivity index (χ3v) is 4.94. The number of para-hydroxylation sites is 1. The van der Waals surface area contributed by atoms with Crippen molar-refractivity contribution in [3.63, 3.8) is 0 Å². The first-order valence-corrected chi connectivity index (χ1v) is 9.08. The quantitative estimate of drug-likeness (QED) is 0.687. The van der Waals surface area contributed by atoms with E-state index in [2.05, 4.69) is 59.6 Å². The second-order valence-electron chi connectivity index (χ2n) is 7.06. The molecule has 1 atom stereocenters. The molecule has 0 spiro atoms. The molecule has 3 rings (SSSR count). The van der Waals surface area contributed by atoms with Gasteiger partial charge in [0.2, 0.25) is 5.91 Å². The van der Waals surface area contributed by atoms with E-state index in [1.165, 1.54) is 5.56 Å². The number of fused-ring (bicyclic) bond motifs is 1. The number of benzene rings is 2. The lowest BCUT2D eigenvalue weighted by atomic mass is 10.0. The SMILES string of the molecule is Cc1[nH]c2ccccc2c1CC(=O)NCC(Cc1ccccc1)N(C)C. The van der Waals surface area contributed by atoms with Gasteiger partial charge in [-0.3, -0.25) is 4.79 Å². The van der Waals surface area contributed by atoms with Crippen LogP contribution < -0.4 is 5.32 Å². The van der Waals surface area contributed by atoms with E-state index >= 15 is 0 Å². The fourth-order valence-electron chi connectivity index (χ4n) is 3.34. The van der Waals surface area contributed by atoms with Gasteiger partial charge in [-0.25, -0.2) is 0 Å². The van der Waals surface area contributed by atoms with E-state index in [1.54, 1.807) is 0 Å². The fraction of sp³-hybridized carbons (Fsp3) is 0.318. The standard InChI is InChI=1S/C22H27N3O/c1-16-20(19-11-7-8-12-21(19)24-16)14-22(26)23-15-18(25(2)3)13-17-9-5-4-6-10-17/h4-12,18,24H,13-15H2,1-3H3,(H,23,26). The predicted octanol–water partition coefficient (Wildman–Crippen LogP) is 3.31. The number of nitrogens with one attached hydrogen (secondary N) is 2. The van der Waals surface area contributed by atoms with Crippen LogP contribution >= 0.6 is 0 Å². The number of aromatic nitrogens is 1. The van der Waals surface area contributed by atoms with E-state index in [1.807, 2.05) is 31.2 Å². The van der Waals surface area contributed by atoms with Gasteiger partial charge in [-0.1, -0.05) is 48.5 Å². The molecule has 0 fully saturated rings. The van der Waals surface area contributed by atoms with E-state index in [-0.39, 0.29) is 11.9 Å². The molecule has 0 saturated heterocycles. The van der Waals surface area contributed by atoms with Crippen molar-refractivity contribution in [1.29, 1.82) is 0 Å². The normalized spacial score (nSPS) is 12.5. The highest BCUT2D eigenvalue weighted by atomic mass is 16.1. The Bertz CT molecular complexity index is 867. The zero-order valence-corrected chi connectivity index (χ0v) is 15.8. The summed E-state index contributed by atoms with van der Waals surface area (Å²) in [7, 11) is 4.12. The average Bonchev–Trinajstić information content (AvgIpc) is 2.95. The van der Waals surface area contributed by atoms with Crippen LogP contribution in [0.25, 0.3) is 10.9 Å². The van der Waals surface area contributed by atoms with Crippen molar-refractivity contribution in [2.45, 2.75) is 25.8 Å². The first-order valence-electron chi connectivity index (χ1n) is 9.08. The van der Waals surface area contributed by atoms with Crippen LogP contribution in [0.2, 0.25) is 0 Å². The number of rotatable bonds is 7. The van der Waals surface area contributed by atoms with Crippen LogP contribution in [0.15, 0.2) is 54.6 Å². The molecule has 0 bridgehead atoms. The number of likely N-dealkylation sites (N-methyl/N-ethyl adjacent to an activating group) is 1. The number of aromatic amines is 1. The number of hydrogen-bond donors (Lipinski definition) is 2. The summed E-state index contributed by atoms with van der Waals surface area (Å²) in [5, 5.41) is 4.25. The molecule has 1 amide bonds. The number of nitrogens with zero attached hydrogens (tertiary/aromatic N) is 1. The highest BCUT2D eigenvalue weighted by molar-refractivity contribution is 5.90. The highest BCUT2D eigenvalue weighted by Gasteiger charge is 2.16. The molecule has 2 aromatic carbocycles. The molecule has 1 heterocycles. The molecular weight excluding hydrogens is 322 g/mol. The monoisotopic (exact) mass is 349 g/mol. The largest absolute Gasteiger partial charge is 0.358 e. The van der Waals surface area contributed by atoms with Crippen LogP contribution in [0, 0.1) is 6.92 Å². The van der Waals surface area contributed by atoms with Gasteiger partial charge >= 0.3 is 0 Å². The van der Waals surface area contributed by atoms with Gasteiger partial charge in [0.05, 0.1) is 6.42 Å². The van der Waals surface area contributed by atoms with Crippen LogP contribution in [-0.4, -0.2) is 42.5 Å². The van der Waals surface area contributed by atoms with Crippen LogP contribution in [0.1, 0.15) is 16.8 Å². The number of amides is 1. The number of aryl methyl sites for hydroxylation is 1. The maximum Gasteiger partial charge on any atom is 0.224 e. The number of hydrogen-bond acceptors (Lipinski definition) is 2. The van der Waals surface area contributed by atoms with Crippen LogP contribution in [0.5, 0.6) is 0 Å². The summed E-state index contributed by atoms with van der Waals surface area (Å²) in [4.78, 5) is 18.1. The second-order valence-corrected chi connectivity index (χ2v) is 7.06.